The van der Waals surface area contributed by atoms with Gasteiger partial charge >= 0.3 is 0 Å². The number of nitrogens with one attached hydrogen (secondary N) is 2. The maximum atomic E-state index is 11.5. The van der Waals surface area contributed by atoms with E-state index in [1.807, 2.05) is 6.92 Å². The molecule has 0 saturated carbocycles. The Hall–Kier alpha value is -1.72. The van der Waals surface area contributed by atoms with E-state index in [0.717, 1.165) is 0 Å². The number of methoxy groups -OCH3 is 1. The molecule has 6 nitrogen and oxygen atoms in total. The van der Waals surface area contributed by atoms with Crippen LogP contribution >= 0.6 is 0 Å². The average Bonchev–Trinajstić information content (AvgIpc) is 2.51. The Bertz CT molecular complexity index is 405. The summed E-state index contributed by atoms with van der Waals surface area (Å²) in [6, 6.07) is 0. The zero-order valence-electron chi connectivity index (χ0n) is 9.09. The molecule has 6 heteroatoms. The largest absolute Gasteiger partial charge is 0.481 e. The maximum absolute atomic E-state index is 11.5. The highest BCUT2D eigenvalue weighted by Crippen LogP contribution is 2.13. The molecule has 0 aliphatic carbocycles. The van der Waals surface area contributed by atoms with E-state index in [4.69, 9.17) is 4.74 Å². The van der Waals surface area contributed by atoms with Gasteiger partial charge in [0.25, 0.3) is 5.56 Å². The van der Waals surface area contributed by atoms with Crippen molar-refractivity contribution < 1.29 is 9.53 Å². The predicted octanol–water partition coefficient (Wildman–Crippen LogP) is -0.159. The van der Waals surface area contributed by atoms with Gasteiger partial charge in [-0.3, -0.25) is 19.4 Å². The number of ether oxygens (including phenoxy) is 1. The number of carbonyl (C=O) groups excluding carboxylic acids is 1. The number of aromatic amines is 1. The Morgan fingerprint density at radius 2 is 2.27 bits per heavy atom. The van der Waals surface area contributed by atoms with E-state index in [0.29, 0.717) is 18.0 Å². The Labute approximate surface area is 87.2 Å². The van der Waals surface area contributed by atoms with Crippen LogP contribution in [0.4, 0.5) is 0 Å². The summed E-state index contributed by atoms with van der Waals surface area (Å²) in [5.74, 6) is 0.289. The summed E-state index contributed by atoms with van der Waals surface area (Å²) < 4.78 is 6.70. The molecule has 15 heavy (non-hydrogen) atoms. The molecule has 1 amide bonds. The SMILES string of the molecule is CCn1[nH]c(=O)c(CNC(C)=O)c1OC. The van der Waals surface area contributed by atoms with E-state index in [2.05, 4.69) is 10.4 Å². The van der Waals surface area contributed by atoms with Gasteiger partial charge in [-0.1, -0.05) is 0 Å². The number of amides is 1. The zero-order valence-corrected chi connectivity index (χ0v) is 9.09. The van der Waals surface area contributed by atoms with Gasteiger partial charge in [-0.15, -0.1) is 0 Å². The van der Waals surface area contributed by atoms with Crippen molar-refractivity contribution in [2.24, 2.45) is 0 Å². The number of H-pyrrole nitrogens is 1. The topological polar surface area (TPSA) is 76.1 Å². The van der Waals surface area contributed by atoms with Gasteiger partial charge in [0.05, 0.1) is 19.2 Å². The number of hydrogen-bond acceptors (Lipinski definition) is 3. The number of rotatable bonds is 4. The second-order valence-corrected chi connectivity index (χ2v) is 3.08. The molecule has 0 atom stereocenters. The lowest BCUT2D eigenvalue weighted by atomic mass is 10.3. The minimum atomic E-state index is -0.234. The van der Waals surface area contributed by atoms with Crippen LogP contribution < -0.4 is 15.6 Å². The van der Waals surface area contributed by atoms with Crippen LogP contribution in [0.15, 0.2) is 4.79 Å². The van der Waals surface area contributed by atoms with Crippen LogP contribution in [0.3, 0.4) is 0 Å². The highest BCUT2D eigenvalue weighted by Gasteiger charge is 2.14. The molecular formula is C9H15N3O3. The molecule has 84 valence electrons. The molecule has 0 aliphatic rings. The molecule has 1 aromatic heterocycles. The van der Waals surface area contributed by atoms with Crippen molar-refractivity contribution >= 4 is 5.91 Å². The normalized spacial score (nSPS) is 10.1. The number of aryl methyl sites for hydroxylation is 1. The Kier molecular flexibility index (Phi) is 3.54. The molecule has 1 aromatic rings. The van der Waals surface area contributed by atoms with E-state index in [-0.39, 0.29) is 18.0 Å². The van der Waals surface area contributed by atoms with Crippen LogP contribution in [0.1, 0.15) is 19.4 Å². The summed E-state index contributed by atoms with van der Waals surface area (Å²) in [5, 5.41) is 5.18. The first-order valence-electron chi connectivity index (χ1n) is 4.70. The number of hydrogen-bond donors (Lipinski definition) is 2. The van der Waals surface area contributed by atoms with Crippen molar-refractivity contribution in [2.75, 3.05) is 7.11 Å². The third kappa shape index (κ3) is 2.39. The van der Waals surface area contributed by atoms with Gasteiger partial charge in [0, 0.05) is 13.5 Å². The molecule has 0 aromatic carbocycles. The van der Waals surface area contributed by atoms with Gasteiger partial charge in [0.15, 0.2) is 0 Å². The molecule has 1 rings (SSSR count). The van der Waals surface area contributed by atoms with E-state index in [1.165, 1.54) is 14.0 Å². The van der Waals surface area contributed by atoms with Crippen molar-refractivity contribution in [3.8, 4) is 5.88 Å². The Balaban J connectivity index is 2.99. The minimum absolute atomic E-state index is 0.180. The van der Waals surface area contributed by atoms with Gasteiger partial charge in [-0.2, -0.15) is 0 Å². The maximum Gasteiger partial charge on any atom is 0.273 e. The smallest absolute Gasteiger partial charge is 0.273 e. The van der Waals surface area contributed by atoms with Crippen LogP contribution in [0, 0.1) is 0 Å². The van der Waals surface area contributed by atoms with E-state index in [9.17, 15) is 9.59 Å². The van der Waals surface area contributed by atoms with Crippen LogP contribution in [-0.4, -0.2) is 22.8 Å². The predicted molar refractivity (Wildman–Crippen MR) is 54.8 cm³/mol. The zero-order chi connectivity index (χ0) is 11.4. The molecule has 0 radical (unpaired) electrons. The van der Waals surface area contributed by atoms with Crippen molar-refractivity contribution in [3.05, 3.63) is 15.9 Å². The monoisotopic (exact) mass is 213 g/mol. The first-order chi connectivity index (χ1) is 7.10. The van der Waals surface area contributed by atoms with Gasteiger partial charge in [0.2, 0.25) is 11.8 Å². The van der Waals surface area contributed by atoms with Crippen LogP contribution in [0.5, 0.6) is 5.88 Å². The third-order valence-electron chi connectivity index (χ3n) is 2.04. The first-order valence-corrected chi connectivity index (χ1v) is 4.70. The molecule has 0 bridgehead atoms. The summed E-state index contributed by atoms with van der Waals surface area (Å²) in [6.07, 6.45) is 0. The van der Waals surface area contributed by atoms with Crippen molar-refractivity contribution in [3.63, 3.8) is 0 Å². The summed E-state index contributed by atoms with van der Waals surface area (Å²) in [5.41, 5.74) is 0.206. The number of carbonyl (C=O) groups is 1. The summed E-state index contributed by atoms with van der Waals surface area (Å²) >= 11 is 0. The quantitative estimate of drug-likeness (QED) is 0.729. The molecule has 0 fully saturated rings. The van der Waals surface area contributed by atoms with Gasteiger partial charge < -0.3 is 10.1 Å². The van der Waals surface area contributed by atoms with E-state index < -0.39 is 0 Å². The third-order valence-corrected chi connectivity index (χ3v) is 2.04. The van der Waals surface area contributed by atoms with Crippen LogP contribution in [-0.2, 0) is 17.9 Å². The van der Waals surface area contributed by atoms with Crippen molar-refractivity contribution in [2.45, 2.75) is 26.9 Å². The molecular weight excluding hydrogens is 198 g/mol. The fourth-order valence-electron chi connectivity index (χ4n) is 1.33. The Morgan fingerprint density at radius 3 is 2.73 bits per heavy atom. The minimum Gasteiger partial charge on any atom is -0.481 e. The molecule has 1 heterocycles. The number of aromatic nitrogens is 2. The first kappa shape index (κ1) is 11.4. The van der Waals surface area contributed by atoms with Crippen LogP contribution in [0.2, 0.25) is 0 Å². The van der Waals surface area contributed by atoms with Gasteiger partial charge in [-0.05, 0) is 6.92 Å². The van der Waals surface area contributed by atoms with E-state index in [1.54, 1.807) is 4.68 Å². The second kappa shape index (κ2) is 4.68. The Morgan fingerprint density at radius 1 is 1.60 bits per heavy atom. The molecule has 0 aliphatic heterocycles. The average molecular weight is 213 g/mol. The highest BCUT2D eigenvalue weighted by atomic mass is 16.5. The standard InChI is InChI=1S/C9H15N3O3/c1-4-12-9(15-3)7(8(14)11-12)5-10-6(2)13/h4-5H2,1-3H3,(H,10,13)(H,11,14). The fourth-order valence-corrected chi connectivity index (χ4v) is 1.33. The molecule has 2 N–H and O–H groups in total. The lowest BCUT2D eigenvalue weighted by Gasteiger charge is -2.05. The summed E-state index contributed by atoms with van der Waals surface area (Å²) in [6.45, 7) is 4.08. The lowest BCUT2D eigenvalue weighted by Crippen LogP contribution is -2.22. The second-order valence-electron chi connectivity index (χ2n) is 3.08. The van der Waals surface area contributed by atoms with Crippen molar-refractivity contribution in [1.29, 1.82) is 0 Å². The highest BCUT2D eigenvalue weighted by molar-refractivity contribution is 5.72. The van der Waals surface area contributed by atoms with Gasteiger partial charge in [0.1, 0.15) is 0 Å². The summed E-state index contributed by atoms with van der Waals surface area (Å²) in [7, 11) is 1.49. The molecule has 0 unspecified atom stereocenters. The molecule has 0 saturated heterocycles. The van der Waals surface area contributed by atoms with Gasteiger partial charge in [-0.25, -0.2) is 0 Å². The lowest BCUT2D eigenvalue weighted by molar-refractivity contribution is -0.119. The summed E-state index contributed by atoms with van der Waals surface area (Å²) in [4.78, 5) is 22.2. The van der Waals surface area contributed by atoms with Crippen LogP contribution in [0.25, 0.3) is 0 Å². The number of nitrogens with zero attached hydrogens (tertiary/aromatic N) is 1. The van der Waals surface area contributed by atoms with E-state index >= 15 is 0 Å². The fraction of sp³-hybridized carbons (Fsp3) is 0.556. The molecule has 0 spiro atoms. The van der Waals surface area contributed by atoms with Crippen molar-refractivity contribution in [1.82, 2.24) is 15.1 Å².